The maximum Gasteiger partial charge on any atom is 0.317 e. The van der Waals surface area contributed by atoms with Gasteiger partial charge in [-0.25, -0.2) is 0 Å². The van der Waals surface area contributed by atoms with Crippen molar-refractivity contribution in [2.75, 3.05) is 33.2 Å². The first-order valence-corrected chi connectivity index (χ1v) is 9.48. The van der Waals surface area contributed by atoms with E-state index in [1.54, 1.807) is 0 Å². The standard InChI is InChI=1S/C19H28ClN3O3.ClH/c1-22(14-19(25)26)16-6-4-10-23(11-8-16)12-9-18(24)21-13-15-5-2-3-7-17(15)20;/h2-3,5,7,16H,4,6,8-14H2,1H3,(H,21,24)(H,25,26);1H. The molecular weight excluding hydrogens is 389 g/mol. The highest BCUT2D eigenvalue weighted by Gasteiger charge is 2.21. The molecule has 1 aliphatic rings. The van der Waals surface area contributed by atoms with E-state index < -0.39 is 5.97 Å². The number of aliphatic carboxylic acids is 1. The number of hydrogen-bond acceptors (Lipinski definition) is 4. The minimum Gasteiger partial charge on any atom is -0.480 e. The van der Waals surface area contributed by atoms with Crippen molar-refractivity contribution in [3.8, 4) is 0 Å². The molecule has 0 aliphatic carbocycles. The Morgan fingerprint density at radius 1 is 1.30 bits per heavy atom. The van der Waals surface area contributed by atoms with E-state index in [4.69, 9.17) is 16.7 Å². The summed E-state index contributed by atoms with van der Waals surface area (Å²) in [5, 5.41) is 12.5. The van der Waals surface area contributed by atoms with E-state index in [-0.39, 0.29) is 24.9 Å². The second-order valence-corrected chi connectivity index (χ2v) is 7.26. The van der Waals surface area contributed by atoms with Gasteiger partial charge in [-0.15, -0.1) is 12.4 Å². The SMILES string of the molecule is CN(CC(=O)O)C1CCCN(CCC(=O)NCc2ccccc2Cl)CC1.Cl. The maximum atomic E-state index is 12.1. The van der Waals surface area contributed by atoms with Crippen LogP contribution in [0, 0.1) is 0 Å². The molecule has 1 saturated heterocycles. The Hall–Kier alpha value is -1.34. The number of carboxylic acids is 1. The molecule has 2 rings (SSSR count). The normalized spacial score (nSPS) is 17.8. The van der Waals surface area contributed by atoms with Crippen LogP contribution >= 0.6 is 24.0 Å². The van der Waals surface area contributed by atoms with Crippen LogP contribution in [-0.4, -0.2) is 66.1 Å². The Kier molecular flexibility index (Phi) is 10.7. The lowest BCUT2D eigenvalue weighted by atomic mass is 10.1. The van der Waals surface area contributed by atoms with Gasteiger partial charge >= 0.3 is 5.97 Å². The summed E-state index contributed by atoms with van der Waals surface area (Å²) in [5.41, 5.74) is 0.918. The van der Waals surface area contributed by atoms with E-state index in [2.05, 4.69) is 10.2 Å². The van der Waals surface area contributed by atoms with E-state index >= 15 is 0 Å². The van der Waals surface area contributed by atoms with Crippen molar-refractivity contribution in [2.45, 2.75) is 38.3 Å². The summed E-state index contributed by atoms with van der Waals surface area (Å²) in [4.78, 5) is 27.2. The Bertz CT molecular complexity index is 616. The van der Waals surface area contributed by atoms with Crippen molar-refractivity contribution in [3.63, 3.8) is 0 Å². The minimum absolute atomic E-state index is 0. The smallest absolute Gasteiger partial charge is 0.317 e. The van der Waals surface area contributed by atoms with Gasteiger partial charge in [0.2, 0.25) is 5.91 Å². The molecule has 1 heterocycles. The maximum absolute atomic E-state index is 12.1. The number of amides is 1. The van der Waals surface area contributed by atoms with Crippen LogP contribution in [0.3, 0.4) is 0 Å². The summed E-state index contributed by atoms with van der Waals surface area (Å²) < 4.78 is 0. The second kappa shape index (κ2) is 12.2. The molecule has 0 radical (unpaired) electrons. The van der Waals surface area contributed by atoms with Gasteiger partial charge in [-0.2, -0.15) is 0 Å². The van der Waals surface area contributed by atoms with Crippen LogP contribution in [0.1, 0.15) is 31.2 Å². The van der Waals surface area contributed by atoms with Crippen molar-refractivity contribution in [2.24, 2.45) is 0 Å². The Labute approximate surface area is 172 Å². The third-order valence-corrected chi connectivity index (χ3v) is 5.26. The van der Waals surface area contributed by atoms with Gasteiger partial charge < -0.3 is 15.3 Å². The van der Waals surface area contributed by atoms with Crippen LogP contribution in [-0.2, 0) is 16.1 Å². The zero-order valence-corrected chi connectivity index (χ0v) is 17.3. The van der Waals surface area contributed by atoms with E-state index in [1.165, 1.54) is 0 Å². The number of benzene rings is 1. The van der Waals surface area contributed by atoms with Crippen molar-refractivity contribution >= 4 is 35.9 Å². The molecule has 8 heteroatoms. The summed E-state index contributed by atoms with van der Waals surface area (Å²) in [6, 6.07) is 7.80. The van der Waals surface area contributed by atoms with Gasteiger partial charge in [0.25, 0.3) is 0 Å². The van der Waals surface area contributed by atoms with Crippen LogP contribution < -0.4 is 5.32 Å². The molecule has 0 saturated carbocycles. The number of carboxylic acid groups (broad SMARTS) is 1. The molecule has 152 valence electrons. The van der Waals surface area contributed by atoms with Gasteiger partial charge in [0, 0.05) is 30.6 Å². The molecule has 1 atom stereocenters. The summed E-state index contributed by atoms with van der Waals surface area (Å²) >= 11 is 6.10. The molecule has 0 aromatic heterocycles. The number of likely N-dealkylation sites (tertiary alicyclic amines) is 1. The zero-order chi connectivity index (χ0) is 18.9. The first-order chi connectivity index (χ1) is 12.5. The van der Waals surface area contributed by atoms with E-state index in [0.717, 1.165) is 44.5 Å². The second-order valence-electron chi connectivity index (χ2n) is 6.85. The lowest BCUT2D eigenvalue weighted by Crippen LogP contribution is -2.37. The van der Waals surface area contributed by atoms with Gasteiger partial charge in [0.15, 0.2) is 0 Å². The summed E-state index contributed by atoms with van der Waals surface area (Å²) in [5.74, 6) is -0.766. The molecular formula is C19H29Cl2N3O3. The zero-order valence-electron chi connectivity index (χ0n) is 15.7. The fourth-order valence-electron chi connectivity index (χ4n) is 3.33. The van der Waals surface area contributed by atoms with Gasteiger partial charge in [-0.3, -0.25) is 14.5 Å². The number of likely N-dealkylation sites (N-methyl/N-ethyl adjacent to an activating group) is 1. The molecule has 0 bridgehead atoms. The highest BCUT2D eigenvalue weighted by molar-refractivity contribution is 6.31. The molecule has 1 aromatic rings. The van der Waals surface area contributed by atoms with E-state index in [9.17, 15) is 9.59 Å². The topological polar surface area (TPSA) is 72.9 Å². The average Bonchev–Trinajstić information content (AvgIpc) is 2.84. The first-order valence-electron chi connectivity index (χ1n) is 9.10. The quantitative estimate of drug-likeness (QED) is 0.679. The number of carbonyl (C=O) groups is 2. The largest absolute Gasteiger partial charge is 0.480 e. The van der Waals surface area contributed by atoms with E-state index in [1.807, 2.05) is 36.2 Å². The molecule has 1 aliphatic heterocycles. The van der Waals surface area contributed by atoms with Crippen molar-refractivity contribution in [3.05, 3.63) is 34.9 Å². The van der Waals surface area contributed by atoms with E-state index in [0.29, 0.717) is 24.0 Å². The van der Waals surface area contributed by atoms with Crippen LogP contribution in [0.25, 0.3) is 0 Å². The monoisotopic (exact) mass is 417 g/mol. The highest BCUT2D eigenvalue weighted by Crippen LogP contribution is 2.16. The number of halogens is 2. The highest BCUT2D eigenvalue weighted by atomic mass is 35.5. The molecule has 1 aromatic carbocycles. The third kappa shape index (κ3) is 8.47. The van der Waals surface area contributed by atoms with Gasteiger partial charge in [-0.05, 0) is 51.0 Å². The number of nitrogens with zero attached hydrogens (tertiary/aromatic N) is 2. The number of nitrogens with one attached hydrogen (secondary N) is 1. The fourth-order valence-corrected chi connectivity index (χ4v) is 3.53. The molecule has 27 heavy (non-hydrogen) atoms. The average molecular weight is 418 g/mol. The van der Waals surface area contributed by atoms with Crippen LogP contribution in [0.5, 0.6) is 0 Å². The summed E-state index contributed by atoms with van der Waals surface area (Å²) in [6.45, 7) is 3.10. The summed E-state index contributed by atoms with van der Waals surface area (Å²) in [6.07, 6.45) is 3.42. The van der Waals surface area contributed by atoms with Crippen LogP contribution in [0.15, 0.2) is 24.3 Å². The van der Waals surface area contributed by atoms with Crippen molar-refractivity contribution in [1.29, 1.82) is 0 Å². The van der Waals surface area contributed by atoms with Gasteiger partial charge in [-0.1, -0.05) is 29.8 Å². The summed E-state index contributed by atoms with van der Waals surface area (Å²) in [7, 11) is 1.87. The molecule has 0 spiro atoms. The van der Waals surface area contributed by atoms with Crippen LogP contribution in [0.2, 0.25) is 5.02 Å². The Balaban J connectivity index is 0.00000364. The lowest BCUT2D eigenvalue weighted by Gasteiger charge is -2.25. The molecule has 2 N–H and O–H groups in total. The first kappa shape index (κ1) is 23.7. The lowest BCUT2D eigenvalue weighted by molar-refractivity contribution is -0.138. The number of rotatable bonds is 8. The number of carbonyl (C=O) groups excluding carboxylic acids is 1. The number of hydrogen-bond donors (Lipinski definition) is 2. The molecule has 6 nitrogen and oxygen atoms in total. The van der Waals surface area contributed by atoms with Crippen LogP contribution in [0.4, 0.5) is 0 Å². The predicted molar refractivity (Wildman–Crippen MR) is 110 cm³/mol. The van der Waals surface area contributed by atoms with Gasteiger partial charge in [0.05, 0.1) is 6.54 Å². The van der Waals surface area contributed by atoms with Crippen molar-refractivity contribution in [1.82, 2.24) is 15.1 Å². The minimum atomic E-state index is -0.788. The Morgan fingerprint density at radius 2 is 2.04 bits per heavy atom. The van der Waals surface area contributed by atoms with Crippen molar-refractivity contribution < 1.29 is 14.7 Å². The van der Waals surface area contributed by atoms with Gasteiger partial charge in [0.1, 0.15) is 0 Å². The fraction of sp³-hybridized carbons (Fsp3) is 0.579. The third-order valence-electron chi connectivity index (χ3n) is 4.89. The molecule has 1 fully saturated rings. The Morgan fingerprint density at radius 3 is 2.74 bits per heavy atom. The predicted octanol–water partition coefficient (Wildman–Crippen LogP) is 2.64. The molecule has 1 amide bonds. The molecule has 1 unspecified atom stereocenters.